The number of halogens is 2. The van der Waals surface area contributed by atoms with Crippen LogP contribution in [0.15, 0.2) is 122 Å². The molecule has 8 aromatic rings. The van der Waals surface area contributed by atoms with Crippen molar-refractivity contribution in [2.45, 2.75) is 38.3 Å². The molecule has 4 aromatic carbocycles. The molecule has 1 fully saturated rings. The van der Waals surface area contributed by atoms with E-state index in [1.54, 1.807) is 30.5 Å². The van der Waals surface area contributed by atoms with Crippen LogP contribution in [0.3, 0.4) is 0 Å². The highest BCUT2D eigenvalue weighted by molar-refractivity contribution is 6.32. The molecule has 4 aromatic heterocycles. The average molecular weight is 924 g/mol. The standard InChI is InChI=1S/C51H47ClFN7O7/c52-43-30-38(12-18-46(43)67-31-33-4-1-5-36(53)28-33)57-48-42-29-35(10-16-44(42)55-32-56-48)34-8-13-39(14-9-34)66-27-26-65-25-24-64-23-22-63-21-3-6-37-11-15-41-40-7-2-20-54-49(40)60(50(41)58-37)45-17-19-47(61)59-51(45)62/h1-2,4-5,7-16,18,20,28-30,32,45H,3,6,17,19,21-27,31H2,(H,55,56,57)(H,59,61,62). The second-order valence-corrected chi connectivity index (χ2v) is 16.2. The van der Waals surface area contributed by atoms with Crippen LogP contribution in [0, 0.1) is 5.82 Å². The van der Waals surface area contributed by atoms with Gasteiger partial charge in [-0.3, -0.25) is 19.5 Å². The van der Waals surface area contributed by atoms with Crippen molar-refractivity contribution in [2.75, 3.05) is 51.6 Å². The zero-order valence-electron chi connectivity index (χ0n) is 36.5. The van der Waals surface area contributed by atoms with Gasteiger partial charge < -0.3 is 29.0 Å². The van der Waals surface area contributed by atoms with Gasteiger partial charge in [0.05, 0.1) is 43.6 Å². The molecule has 1 saturated heterocycles. The number of hydrogen-bond acceptors (Lipinski definition) is 12. The molecule has 1 aliphatic heterocycles. The molecule has 1 aliphatic rings. The number of hydrogen-bond donors (Lipinski definition) is 2. The average Bonchev–Trinajstić information content (AvgIpc) is 3.66. The molecule has 342 valence electrons. The fraction of sp³-hybridized carbons (Fsp3) is 0.255. The molecule has 2 N–H and O–H groups in total. The SMILES string of the molecule is O=C1CCC(n2c3ncccc3c3ccc(CCCOCCOCCOCCOc4ccc(-c5ccc6ncnc(Nc7ccc(OCc8cccc(F)c8)c(Cl)c7)c6c5)cc4)nc32)C(=O)N1. The van der Waals surface area contributed by atoms with Gasteiger partial charge in [-0.2, -0.15) is 0 Å². The summed E-state index contributed by atoms with van der Waals surface area (Å²) in [6, 6.07) is 32.9. The van der Waals surface area contributed by atoms with E-state index in [2.05, 4.69) is 25.6 Å². The third kappa shape index (κ3) is 11.2. The van der Waals surface area contributed by atoms with Crippen LogP contribution in [-0.2, 0) is 36.8 Å². The normalized spacial score (nSPS) is 13.9. The van der Waals surface area contributed by atoms with E-state index in [9.17, 15) is 14.0 Å². The fourth-order valence-corrected chi connectivity index (χ4v) is 8.19. The quantitative estimate of drug-likeness (QED) is 0.0520. The second kappa shape index (κ2) is 21.5. The molecule has 9 rings (SSSR count). The first-order valence-corrected chi connectivity index (χ1v) is 22.5. The fourth-order valence-electron chi connectivity index (χ4n) is 7.96. The van der Waals surface area contributed by atoms with Crippen molar-refractivity contribution in [1.82, 2.24) is 29.8 Å². The Kier molecular flexibility index (Phi) is 14.5. The number of amides is 2. The molecule has 0 aliphatic carbocycles. The van der Waals surface area contributed by atoms with Gasteiger partial charge in [0.1, 0.15) is 60.0 Å². The number of nitrogens with zero attached hydrogens (tertiary/aromatic N) is 5. The summed E-state index contributed by atoms with van der Waals surface area (Å²) in [6.45, 7) is 3.36. The molecule has 0 radical (unpaired) electrons. The van der Waals surface area contributed by atoms with Crippen LogP contribution in [0.5, 0.6) is 11.5 Å². The van der Waals surface area contributed by atoms with Gasteiger partial charge in [0.15, 0.2) is 0 Å². The lowest BCUT2D eigenvalue weighted by molar-refractivity contribution is -0.135. The van der Waals surface area contributed by atoms with E-state index < -0.39 is 6.04 Å². The van der Waals surface area contributed by atoms with Crippen LogP contribution < -0.4 is 20.1 Å². The maximum atomic E-state index is 13.6. The Morgan fingerprint density at radius 3 is 2.33 bits per heavy atom. The van der Waals surface area contributed by atoms with Gasteiger partial charge in [0.2, 0.25) is 11.8 Å². The lowest BCUT2D eigenvalue weighted by Gasteiger charge is -2.23. The minimum Gasteiger partial charge on any atom is -0.491 e. The van der Waals surface area contributed by atoms with Crippen molar-refractivity contribution in [3.63, 3.8) is 0 Å². The molecule has 67 heavy (non-hydrogen) atoms. The summed E-state index contributed by atoms with van der Waals surface area (Å²) in [5.74, 6) is 0.940. The Labute approximate surface area is 390 Å². The summed E-state index contributed by atoms with van der Waals surface area (Å²) >= 11 is 6.55. The molecule has 0 bridgehead atoms. The summed E-state index contributed by atoms with van der Waals surface area (Å²) in [6.07, 6.45) is 5.37. The molecule has 1 atom stereocenters. The van der Waals surface area contributed by atoms with Crippen molar-refractivity contribution in [3.05, 3.63) is 144 Å². The van der Waals surface area contributed by atoms with Crippen molar-refractivity contribution in [1.29, 1.82) is 0 Å². The summed E-state index contributed by atoms with van der Waals surface area (Å²) < 4.78 is 44.4. The van der Waals surface area contributed by atoms with Gasteiger partial charge in [-0.15, -0.1) is 0 Å². The van der Waals surface area contributed by atoms with Crippen LogP contribution in [0.2, 0.25) is 5.02 Å². The minimum atomic E-state index is -0.550. The number of carbonyl (C=O) groups is 2. The summed E-state index contributed by atoms with van der Waals surface area (Å²) in [7, 11) is 0. The predicted molar refractivity (Wildman–Crippen MR) is 253 cm³/mol. The minimum absolute atomic E-state index is 0.190. The number of nitrogens with one attached hydrogen (secondary N) is 2. The van der Waals surface area contributed by atoms with E-state index in [-0.39, 0.29) is 30.7 Å². The smallest absolute Gasteiger partial charge is 0.249 e. The Morgan fingerprint density at radius 2 is 1.52 bits per heavy atom. The Morgan fingerprint density at radius 1 is 0.731 bits per heavy atom. The van der Waals surface area contributed by atoms with E-state index in [4.69, 9.17) is 40.3 Å². The Bertz CT molecular complexity index is 3020. The van der Waals surface area contributed by atoms with Gasteiger partial charge in [0.25, 0.3) is 0 Å². The van der Waals surface area contributed by atoms with Gasteiger partial charge in [-0.25, -0.2) is 24.3 Å². The number of anilines is 2. The van der Waals surface area contributed by atoms with Crippen LogP contribution in [-0.4, -0.2) is 82.6 Å². The monoisotopic (exact) mass is 923 g/mol. The van der Waals surface area contributed by atoms with Crippen molar-refractivity contribution >= 4 is 67.9 Å². The van der Waals surface area contributed by atoms with Gasteiger partial charge in [0, 0.05) is 46.8 Å². The number of aromatic nitrogens is 5. The van der Waals surface area contributed by atoms with Crippen LogP contribution in [0.1, 0.15) is 36.6 Å². The van der Waals surface area contributed by atoms with Crippen LogP contribution in [0.4, 0.5) is 15.9 Å². The molecule has 5 heterocycles. The number of imide groups is 1. The van der Waals surface area contributed by atoms with Crippen molar-refractivity contribution in [3.8, 4) is 22.6 Å². The first-order chi connectivity index (χ1) is 32.9. The number of piperidine rings is 1. The van der Waals surface area contributed by atoms with Gasteiger partial charge in [-0.1, -0.05) is 41.9 Å². The molecule has 0 spiro atoms. The highest BCUT2D eigenvalue weighted by Crippen LogP contribution is 2.35. The predicted octanol–water partition coefficient (Wildman–Crippen LogP) is 9.35. The molecule has 1 unspecified atom stereocenters. The Hall–Kier alpha value is -7.04. The number of carbonyl (C=O) groups excluding carboxylic acids is 2. The van der Waals surface area contributed by atoms with E-state index in [1.807, 2.05) is 77.4 Å². The number of ether oxygens (including phenoxy) is 5. The summed E-state index contributed by atoms with van der Waals surface area (Å²) in [5.41, 5.74) is 6.47. The number of benzene rings is 4. The zero-order chi connectivity index (χ0) is 46.0. The lowest BCUT2D eigenvalue weighted by Crippen LogP contribution is -2.41. The van der Waals surface area contributed by atoms with E-state index in [0.29, 0.717) is 92.5 Å². The third-order valence-electron chi connectivity index (χ3n) is 11.3. The Balaban J connectivity index is 0.664. The van der Waals surface area contributed by atoms with Gasteiger partial charge >= 0.3 is 0 Å². The van der Waals surface area contributed by atoms with Crippen molar-refractivity contribution in [2.24, 2.45) is 0 Å². The highest BCUT2D eigenvalue weighted by atomic mass is 35.5. The van der Waals surface area contributed by atoms with Crippen molar-refractivity contribution < 1.29 is 37.7 Å². The molecule has 14 nitrogen and oxygen atoms in total. The zero-order valence-corrected chi connectivity index (χ0v) is 37.2. The third-order valence-corrected chi connectivity index (χ3v) is 11.5. The number of fused-ring (bicyclic) bond motifs is 4. The first kappa shape index (κ1) is 45.1. The van der Waals surface area contributed by atoms with E-state index >= 15 is 0 Å². The molecular weight excluding hydrogens is 877 g/mol. The topological polar surface area (TPSA) is 161 Å². The maximum absolute atomic E-state index is 13.6. The number of aryl methyl sites for hydroxylation is 1. The van der Waals surface area contributed by atoms with Gasteiger partial charge in [-0.05, 0) is 115 Å². The van der Waals surface area contributed by atoms with E-state index in [0.717, 1.165) is 56.4 Å². The first-order valence-electron chi connectivity index (χ1n) is 22.1. The van der Waals surface area contributed by atoms with Crippen LogP contribution in [0.25, 0.3) is 44.1 Å². The molecule has 16 heteroatoms. The highest BCUT2D eigenvalue weighted by Gasteiger charge is 2.31. The maximum Gasteiger partial charge on any atom is 0.249 e. The molecule has 2 amide bonds. The number of pyridine rings is 2. The summed E-state index contributed by atoms with van der Waals surface area (Å²) in [5, 5.41) is 8.91. The molecular formula is C51H47ClFN7O7. The largest absolute Gasteiger partial charge is 0.491 e. The van der Waals surface area contributed by atoms with E-state index in [1.165, 1.54) is 18.5 Å². The lowest BCUT2D eigenvalue weighted by atomic mass is 10.0. The van der Waals surface area contributed by atoms with Crippen LogP contribution >= 0.6 is 11.6 Å². The second-order valence-electron chi connectivity index (χ2n) is 15.8. The molecule has 0 saturated carbocycles. The number of rotatable bonds is 21. The summed E-state index contributed by atoms with van der Waals surface area (Å²) in [4.78, 5) is 43.1.